The smallest absolute Gasteiger partial charge is 0.275 e. The molecule has 2 heterocycles. The summed E-state index contributed by atoms with van der Waals surface area (Å²) in [5, 5.41) is 12.3. The van der Waals surface area contributed by atoms with E-state index in [2.05, 4.69) is 21.2 Å². The molecule has 0 aromatic heterocycles. The molecule has 2 amide bonds. The first kappa shape index (κ1) is 13.2. The van der Waals surface area contributed by atoms with E-state index in [0.29, 0.717) is 5.70 Å². The Morgan fingerprint density at radius 3 is 2.70 bits per heavy atom. The minimum atomic E-state index is -0.524. The van der Waals surface area contributed by atoms with Crippen LogP contribution in [0.4, 0.5) is 0 Å². The minimum absolute atomic E-state index is 0.0283. The highest BCUT2D eigenvalue weighted by atomic mass is 79.9. The number of benzene rings is 1. The Morgan fingerprint density at radius 2 is 2.05 bits per heavy atom. The van der Waals surface area contributed by atoms with Crippen molar-refractivity contribution in [2.45, 2.75) is 5.50 Å². The summed E-state index contributed by atoms with van der Waals surface area (Å²) in [4.78, 5) is 25.1. The second kappa shape index (κ2) is 4.96. The molecule has 3 rings (SSSR count). The predicted molar refractivity (Wildman–Crippen MR) is 77.9 cm³/mol. The van der Waals surface area contributed by atoms with Crippen LogP contribution in [-0.4, -0.2) is 28.0 Å². The van der Waals surface area contributed by atoms with Crippen LogP contribution in [0.25, 0.3) is 5.70 Å². The van der Waals surface area contributed by atoms with Crippen molar-refractivity contribution in [2.75, 3.05) is 5.75 Å². The van der Waals surface area contributed by atoms with Gasteiger partial charge < -0.3 is 5.32 Å². The third kappa shape index (κ3) is 2.01. The molecule has 0 spiro atoms. The fourth-order valence-electron chi connectivity index (χ4n) is 2.12. The lowest BCUT2D eigenvalue weighted by Gasteiger charge is -2.30. The fourth-order valence-corrected chi connectivity index (χ4v) is 3.39. The van der Waals surface area contributed by atoms with Crippen LogP contribution in [0, 0.1) is 11.3 Å². The van der Waals surface area contributed by atoms with Crippen molar-refractivity contribution in [3.8, 4) is 6.07 Å². The molecule has 1 atom stereocenters. The summed E-state index contributed by atoms with van der Waals surface area (Å²) >= 11 is 4.68. The molecule has 1 aromatic rings. The van der Waals surface area contributed by atoms with Crippen LogP contribution in [0.2, 0.25) is 0 Å². The molecule has 0 radical (unpaired) electrons. The SMILES string of the molecule is N#CC1=C(c2ccc(Br)cc2)N[C@@H]2SCC(=O)N2C1=O. The lowest BCUT2D eigenvalue weighted by molar-refractivity contribution is -0.141. The van der Waals surface area contributed by atoms with Crippen LogP contribution in [0.15, 0.2) is 34.3 Å². The van der Waals surface area contributed by atoms with Gasteiger partial charge in [0.05, 0.1) is 11.4 Å². The quantitative estimate of drug-likeness (QED) is 0.780. The summed E-state index contributed by atoms with van der Waals surface area (Å²) in [7, 11) is 0. The number of nitrogens with zero attached hydrogens (tertiary/aromatic N) is 2. The van der Waals surface area contributed by atoms with Crippen molar-refractivity contribution < 1.29 is 9.59 Å². The van der Waals surface area contributed by atoms with Gasteiger partial charge in [0.2, 0.25) is 5.91 Å². The first-order valence-electron chi connectivity index (χ1n) is 5.76. The topological polar surface area (TPSA) is 73.2 Å². The van der Waals surface area contributed by atoms with Crippen molar-refractivity contribution in [2.24, 2.45) is 0 Å². The minimum Gasteiger partial charge on any atom is -0.355 e. The summed E-state index contributed by atoms with van der Waals surface area (Å²) in [5.41, 5.74) is 0.774. The molecule has 1 N–H and O–H groups in total. The van der Waals surface area contributed by atoms with Gasteiger partial charge in [-0.25, -0.2) is 4.90 Å². The van der Waals surface area contributed by atoms with Gasteiger partial charge in [0, 0.05) is 4.47 Å². The molecule has 0 saturated carbocycles. The lowest BCUT2D eigenvalue weighted by atomic mass is 10.0. The second-order valence-corrected chi connectivity index (χ2v) is 6.23. The lowest BCUT2D eigenvalue weighted by Crippen LogP contribution is -2.50. The van der Waals surface area contributed by atoms with Crippen molar-refractivity contribution in [3.63, 3.8) is 0 Å². The average molecular weight is 350 g/mol. The molecule has 7 heteroatoms. The highest BCUT2D eigenvalue weighted by Crippen LogP contribution is 2.33. The number of carbonyl (C=O) groups is 2. The summed E-state index contributed by atoms with van der Waals surface area (Å²) in [6.45, 7) is 0. The van der Waals surface area contributed by atoms with Gasteiger partial charge in [-0.2, -0.15) is 5.26 Å². The van der Waals surface area contributed by atoms with E-state index in [1.807, 2.05) is 30.3 Å². The van der Waals surface area contributed by atoms with E-state index in [1.54, 1.807) is 0 Å². The van der Waals surface area contributed by atoms with Crippen molar-refractivity contribution >= 4 is 45.2 Å². The molecule has 0 aliphatic carbocycles. The Bertz CT molecular complexity index is 678. The van der Waals surface area contributed by atoms with Gasteiger partial charge in [0.15, 0.2) is 5.50 Å². The van der Waals surface area contributed by atoms with E-state index < -0.39 is 11.4 Å². The molecule has 0 bridgehead atoms. The van der Waals surface area contributed by atoms with Crippen molar-refractivity contribution in [1.82, 2.24) is 10.2 Å². The van der Waals surface area contributed by atoms with Crippen molar-refractivity contribution in [1.29, 1.82) is 5.26 Å². The molecule has 1 aromatic carbocycles. The Labute approximate surface area is 127 Å². The molecule has 0 unspecified atom stereocenters. The normalized spacial score (nSPS) is 21.6. The molecular formula is C13H8BrN3O2S. The van der Waals surface area contributed by atoms with Crippen LogP contribution in [0.1, 0.15) is 5.56 Å². The van der Waals surface area contributed by atoms with Gasteiger partial charge in [-0.05, 0) is 17.7 Å². The second-order valence-electron chi connectivity index (χ2n) is 4.25. The number of imide groups is 1. The van der Waals surface area contributed by atoms with E-state index in [9.17, 15) is 14.9 Å². The van der Waals surface area contributed by atoms with Crippen LogP contribution in [0.3, 0.4) is 0 Å². The number of fused-ring (bicyclic) bond motifs is 1. The maximum Gasteiger partial charge on any atom is 0.275 e. The number of carbonyl (C=O) groups excluding carboxylic acids is 2. The van der Waals surface area contributed by atoms with E-state index in [-0.39, 0.29) is 17.2 Å². The monoisotopic (exact) mass is 349 g/mol. The van der Waals surface area contributed by atoms with Crippen LogP contribution >= 0.6 is 27.7 Å². The average Bonchev–Trinajstić information content (AvgIpc) is 2.81. The number of thioether (sulfide) groups is 1. The molecule has 2 aliphatic rings. The Hall–Kier alpha value is -1.78. The molecular weight excluding hydrogens is 342 g/mol. The largest absolute Gasteiger partial charge is 0.355 e. The summed E-state index contributed by atoms with van der Waals surface area (Å²) in [6.07, 6.45) is 0. The molecule has 2 aliphatic heterocycles. The Morgan fingerprint density at radius 1 is 1.35 bits per heavy atom. The molecule has 100 valence electrons. The number of hydrogen-bond acceptors (Lipinski definition) is 5. The van der Waals surface area contributed by atoms with Gasteiger partial charge in [-0.15, -0.1) is 11.8 Å². The van der Waals surface area contributed by atoms with E-state index in [4.69, 9.17) is 0 Å². The standard InChI is InChI=1S/C13H8BrN3O2S/c14-8-3-1-7(2-4-8)11-9(5-15)12(19)17-10(18)6-20-13(17)16-11/h1-4,13,16H,6H2/t13-/m0/s1. The zero-order chi connectivity index (χ0) is 14.3. The highest BCUT2D eigenvalue weighted by Gasteiger charge is 2.43. The van der Waals surface area contributed by atoms with E-state index >= 15 is 0 Å². The molecule has 1 saturated heterocycles. The fraction of sp³-hybridized carbons (Fsp3) is 0.154. The number of nitriles is 1. The Balaban J connectivity index is 2.09. The van der Waals surface area contributed by atoms with Gasteiger partial charge >= 0.3 is 0 Å². The molecule has 20 heavy (non-hydrogen) atoms. The van der Waals surface area contributed by atoms with Crippen LogP contribution < -0.4 is 5.32 Å². The number of rotatable bonds is 1. The van der Waals surface area contributed by atoms with Gasteiger partial charge in [-0.3, -0.25) is 9.59 Å². The number of halogens is 1. The summed E-state index contributed by atoms with van der Waals surface area (Å²) in [6, 6.07) is 9.20. The third-order valence-corrected chi connectivity index (χ3v) is 4.65. The van der Waals surface area contributed by atoms with E-state index in [0.717, 1.165) is 14.9 Å². The highest BCUT2D eigenvalue weighted by molar-refractivity contribution is 9.10. The number of hydrogen-bond donors (Lipinski definition) is 1. The van der Waals surface area contributed by atoms with Gasteiger partial charge in [-0.1, -0.05) is 28.1 Å². The predicted octanol–water partition coefficient (Wildman–Crippen LogP) is 1.67. The van der Waals surface area contributed by atoms with E-state index in [1.165, 1.54) is 11.8 Å². The van der Waals surface area contributed by atoms with Gasteiger partial charge in [0.25, 0.3) is 5.91 Å². The van der Waals surface area contributed by atoms with Crippen LogP contribution in [-0.2, 0) is 9.59 Å². The zero-order valence-corrected chi connectivity index (χ0v) is 12.5. The molecule has 5 nitrogen and oxygen atoms in total. The first-order valence-corrected chi connectivity index (χ1v) is 7.61. The maximum atomic E-state index is 12.3. The summed E-state index contributed by atoms with van der Waals surface area (Å²) < 4.78 is 0.912. The van der Waals surface area contributed by atoms with Crippen molar-refractivity contribution in [3.05, 3.63) is 39.9 Å². The van der Waals surface area contributed by atoms with Crippen LogP contribution in [0.5, 0.6) is 0 Å². The van der Waals surface area contributed by atoms with Gasteiger partial charge in [0.1, 0.15) is 11.6 Å². The first-order chi connectivity index (χ1) is 9.61. The number of nitrogens with one attached hydrogen (secondary N) is 1. The Kier molecular flexibility index (Phi) is 3.28. The number of amides is 2. The third-order valence-electron chi connectivity index (χ3n) is 3.06. The summed E-state index contributed by atoms with van der Waals surface area (Å²) in [5.74, 6) is -0.542. The zero-order valence-electron chi connectivity index (χ0n) is 10.1. The maximum absolute atomic E-state index is 12.3. The molecule has 1 fully saturated rings.